The molecular formula is C16H21ClN2. The third kappa shape index (κ3) is 3.92. The van der Waals surface area contributed by atoms with E-state index >= 15 is 0 Å². The maximum Gasteiger partial charge on any atom is 0.0705 e. The molecule has 0 aliphatic carbocycles. The summed E-state index contributed by atoms with van der Waals surface area (Å²) in [5.41, 5.74) is 2.41. The van der Waals surface area contributed by atoms with E-state index in [4.69, 9.17) is 11.6 Å². The second-order valence-electron chi connectivity index (χ2n) is 4.81. The zero-order chi connectivity index (χ0) is 13.5. The molecular weight excluding hydrogens is 256 g/mol. The summed E-state index contributed by atoms with van der Waals surface area (Å²) in [5, 5.41) is 1.25. The van der Waals surface area contributed by atoms with E-state index in [-0.39, 0.29) is 0 Å². The largest absolute Gasteiger partial charge is 0.298 e. The van der Waals surface area contributed by atoms with Crippen molar-refractivity contribution in [3.05, 3.63) is 42.1 Å². The Morgan fingerprint density at radius 2 is 2.00 bits per heavy atom. The van der Waals surface area contributed by atoms with Crippen LogP contribution in [0.3, 0.4) is 0 Å². The van der Waals surface area contributed by atoms with Gasteiger partial charge in [-0.05, 0) is 30.7 Å². The third-order valence-corrected chi connectivity index (χ3v) is 3.53. The van der Waals surface area contributed by atoms with Crippen molar-refractivity contribution in [2.45, 2.75) is 26.3 Å². The number of benzene rings is 1. The first-order valence-electron chi connectivity index (χ1n) is 6.96. The standard InChI is InChI=1S/C16H21ClN2/c1-2-3-11-19(12-9-17)13-14-8-10-18-16-7-5-4-6-15(14)16/h4-8,10H,2-3,9,11-13H2,1H3. The zero-order valence-electron chi connectivity index (χ0n) is 11.5. The van der Waals surface area contributed by atoms with E-state index < -0.39 is 0 Å². The molecule has 3 heteroatoms. The molecule has 0 aliphatic rings. The minimum absolute atomic E-state index is 0.687. The first kappa shape index (κ1) is 14.3. The molecule has 0 unspecified atom stereocenters. The number of fused-ring (bicyclic) bond motifs is 1. The quantitative estimate of drug-likeness (QED) is 0.709. The highest BCUT2D eigenvalue weighted by molar-refractivity contribution is 6.18. The fourth-order valence-electron chi connectivity index (χ4n) is 2.31. The van der Waals surface area contributed by atoms with Crippen LogP contribution in [-0.2, 0) is 6.54 Å². The van der Waals surface area contributed by atoms with Crippen LogP contribution in [0.2, 0.25) is 0 Å². The molecule has 0 spiro atoms. The number of hydrogen-bond donors (Lipinski definition) is 0. The summed E-state index contributed by atoms with van der Waals surface area (Å²) in [6.07, 6.45) is 4.34. The Hall–Kier alpha value is -1.12. The van der Waals surface area contributed by atoms with Gasteiger partial charge >= 0.3 is 0 Å². The van der Waals surface area contributed by atoms with Crippen molar-refractivity contribution in [2.75, 3.05) is 19.0 Å². The van der Waals surface area contributed by atoms with Gasteiger partial charge in [-0.25, -0.2) is 0 Å². The summed E-state index contributed by atoms with van der Waals surface area (Å²) in [6, 6.07) is 10.4. The van der Waals surface area contributed by atoms with Crippen LogP contribution in [0.1, 0.15) is 25.3 Å². The van der Waals surface area contributed by atoms with Crippen LogP contribution in [0.4, 0.5) is 0 Å². The van der Waals surface area contributed by atoms with Gasteiger partial charge in [0.05, 0.1) is 5.52 Å². The van der Waals surface area contributed by atoms with Crippen LogP contribution in [0.25, 0.3) is 10.9 Å². The van der Waals surface area contributed by atoms with Crippen molar-refractivity contribution >= 4 is 22.5 Å². The van der Waals surface area contributed by atoms with Crippen molar-refractivity contribution in [2.24, 2.45) is 0 Å². The van der Waals surface area contributed by atoms with Gasteiger partial charge < -0.3 is 0 Å². The average Bonchev–Trinajstić information content (AvgIpc) is 2.45. The Bertz CT molecular complexity index is 508. The molecule has 1 aromatic carbocycles. The normalized spacial score (nSPS) is 11.3. The average molecular weight is 277 g/mol. The Kier molecular flexibility index (Phi) is 5.62. The fraction of sp³-hybridized carbons (Fsp3) is 0.438. The van der Waals surface area contributed by atoms with Crippen LogP contribution in [-0.4, -0.2) is 28.9 Å². The first-order chi connectivity index (χ1) is 9.35. The SMILES string of the molecule is CCCCN(CCCl)Cc1ccnc2ccccc12. The molecule has 0 aliphatic heterocycles. The Morgan fingerprint density at radius 1 is 1.16 bits per heavy atom. The van der Waals surface area contributed by atoms with Gasteiger partial charge in [0, 0.05) is 30.6 Å². The van der Waals surface area contributed by atoms with E-state index in [0.717, 1.165) is 25.2 Å². The first-order valence-corrected chi connectivity index (χ1v) is 7.49. The molecule has 0 saturated heterocycles. The van der Waals surface area contributed by atoms with E-state index in [1.54, 1.807) is 0 Å². The number of para-hydroxylation sites is 1. The maximum absolute atomic E-state index is 5.91. The van der Waals surface area contributed by atoms with E-state index in [9.17, 15) is 0 Å². The molecule has 102 valence electrons. The van der Waals surface area contributed by atoms with Crippen molar-refractivity contribution in [3.63, 3.8) is 0 Å². The number of unbranched alkanes of at least 4 members (excludes halogenated alkanes) is 1. The molecule has 0 amide bonds. The van der Waals surface area contributed by atoms with Crippen molar-refractivity contribution in [3.8, 4) is 0 Å². The van der Waals surface area contributed by atoms with Crippen LogP contribution in [0, 0.1) is 0 Å². The predicted octanol–water partition coefficient (Wildman–Crippen LogP) is 4.08. The van der Waals surface area contributed by atoms with E-state index in [1.165, 1.54) is 23.8 Å². The molecule has 1 heterocycles. The molecule has 2 aromatic rings. The number of pyridine rings is 1. The van der Waals surface area contributed by atoms with Gasteiger partial charge in [-0.3, -0.25) is 9.88 Å². The zero-order valence-corrected chi connectivity index (χ0v) is 12.2. The Morgan fingerprint density at radius 3 is 2.79 bits per heavy atom. The number of aromatic nitrogens is 1. The smallest absolute Gasteiger partial charge is 0.0705 e. The Balaban J connectivity index is 2.18. The Labute approximate surface area is 120 Å². The van der Waals surface area contributed by atoms with Crippen LogP contribution in [0.15, 0.2) is 36.5 Å². The molecule has 0 bridgehead atoms. The van der Waals surface area contributed by atoms with E-state index in [2.05, 4.69) is 41.1 Å². The molecule has 0 fully saturated rings. The minimum Gasteiger partial charge on any atom is -0.298 e. The highest BCUT2D eigenvalue weighted by Gasteiger charge is 2.07. The van der Waals surface area contributed by atoms with Gasteiger partial charge in [-0.2, -0.15) is 0 Å². The van der Waals surface area contributed by atoms with Gasteiger partial charge in [0.2, 0.25) is 0 Å². The summed E-state index contributed by atoms with van der Waals surface area (Å²) < 4.78 is 0. The lowest BCUT2D eigenvalue weighted by molar-refractivity contribution is 0.278. The van der Waals surface area contributed by atoms with Gasteiger partial charge in [0.15, 0.2) is 0 Å². The molecule has 0 atom stereocenters. The molecule has 2 nitrogen and oxygen atoms in total. The molecule has 2 rings (SSSR count). The van der Waals surface area contributed by atoms with Crippen molar-refractivity contribution < 1.29 is 0 Å². The lowest BCUT2D eigenvalue weighted by Crippen LogP contribution is -2.26. The predicted molar refractivity (Wildman–Crippen MR) is 82.6 cm³/mol. The topological polar surface area (TPSA) is 16.1 Å². The summed E-state index contributed by atoms with van der Waals surface area (Å²) in [4.78, 5) is 6.84. The maximum atomic E-state index is 5.91. The number of halogens is 1. The monoisotopic (exact) mass is 276 g/mol. The number of nitrogens with zero attached hydrogens (tertiary/aromatic N) is 2. The third-order valence-electron chi connectivity index (χ3n) is 3.36. The number of hydrogen-bond acceptors (Lipinski definition) is 2. The minimum atomic E-state index is 0.687. The van der Waals surface area contributed by atoms with Crippen molar-refractivity contribution in [1.29, 1.82) is 0 Å². The summed E-state index contributed by atoms with van der Waals surface area (Å²) >= 11 is 5.91. The lowest BCUT2D eigenvalue weighted by Gasteiger charge is -2.21. The van der Waals surface area contributed by atoms with E-state index in [1.807, 2.05) is 12.3 Å². The summed E-state index contributed by atoms with van der Waals surface area (Å²) in [5.74, 6) is 0.687. The number of rotatable bonds is 7. The highest BCUT2D eigenvalue weighted by Crippen LogP contribution is 2.18. The van der Waals surface area contributed by atoms with Crippen LogP contribution < -0.4 is 0 Å². The molecule has 19 heavy (non-hydrogen) atoms. The number of alkyl halides is 1. The highest BCUT2D eigenvalue weighted by atomic mass is 35.5. The second-order valence-corrected chi connectivity index (χ2v) is 5.18. The molecule has 1 aromatic heterocycles. The van der Waals surface area contributed by atoms with Gasteiger partial charge in [-0.1, -0.05) is 31.5 Å². The summed E-state index contributed by atoms with van der Waals surface area (Å²) in [6.45, 7) is 5.23. The molecule has 0 radical (unpaired) electrons. The fourth-order valence-corrected chi connectivity index (χ4v) is 2.54. The van der Waals surface area contributed by atoms with Gasteiger partial charge in [0.1, 0.15) is 0 Å². The van der Waals surface area contributed by atoms with Crippen molar-refractivity contribution in [1.82, 2.24) is 9.88 Å². The van der Waals surface area contributed by atoms with E-state index in [0.29, 0.717) is 5.88 Å². The second kappa shape index (κ2) is 7.46. The lowest BCUT2D eigenvalue weighted by atomic mass is 10.1. The van der Waals surface area contributed by atoms with Gasteiger partial charge in [0.25, 0.3) is 0 Å². The van der Waals surface area contributed by atoms with Gasteiger partial charge in [-0.15, -0.1) is 11.6 Å². The summed E-state index contributed by atoms with van der Waals surface area (Å²) in [7, 11) is 0. The van der Waals surface area contributed by atoms with Crippen LogP contribution >= 0.6 is 11.6 Å². The molecule has 0 N–H and O–H groups in total. The molecule has 0 saturated carbocycles. The van der Waals surface area contributed by atoms with Crippen LogP contribution in [0.5, 0.6) is 0 Å².